The molecule has 0 aliphatic heterocycles. The smallest absolute Gasteiger partial charge is 0.258 e. The van der Waals surface area contributed by atoms with Crippen molar-refractivity contribution >= 4 is 28.4 Å². The number of benzene rings is 1. The molecule has 0 atom stereocenters. The standard InChI is InChI=1S/C33H31N7O2/c1-21-28(13-25(18-36-21)32(41)39-30-14-26(10-11-35-30)33(2,3)20-34)23-12-24-17-38-31(15-29(24)37-16-23)40(4)19-22-6-8-27(42-5)9-7-22/h6-18H,19H2,1-5H3,(H,35,39,41). The summed E-state index contributed by atoms with van der Waals surface area (Å²) in [7, 11) is 3.65. The fourth-order valence-corrected chi connectivity index (χ4v) is 4.54. The largest absolute Gasteiger partial charge is 0.497 e. The van der Waals surface area contributed by atoms with E-state index in [9.17, 15) is 10.1 Å². The van der Waals surface area contributed by atoms with Crippen LogP contribution in [-0.4, -0.2) is 40.0 Å². The first kappa shape index (κ1) is 28.2. The van der Waals surface area contributed by atoms with Gasteiger partial charge in [0.25, 0.3) is 5.91 Å². The number of nitrogens with one attached hydrogen (secondary N) is 1. The van der Waals surface area contributed by atoms with Crippen molar-refractivity contribution < 1.29 is 9.53 Å². The fraction of sp³-hybridized carbons (Fsp3) is 0.212. The van der Waals surface area contributed by atoms with Crippen molar-refractivity contribution in [3.8, 4) is 22.9 Å². The Kier molecular flexibility index (Phi) is 7.80. The molecule has 0 saturated carbocycles. The molecule has 5 aromatic rings. The Morgan fingerprint density at radius 3 is 2.52 bits per heavy atom. The molecule has 9 nitrogen and oxygen atoms in total. The molecule has 0 spiro atoms. The van der Waals surface area contributed by atoms with E-state index in [1.165, 1.54) is 6.20 Å². The number of anilines is 2. The number of fused-ring (bicyclic) bond motifs is 1. The number of ether oxygens (including phenoxy) is 1. The molecule has 1 amide bonds. The van der Waals surface area contributed by atoms with Gasteiger partial charge in [0, 0.05) is 66.7 Å². The van der Waals surface area contributed by atoms with Gasteiger partial charge in [-0.3, -0.25) is 14.8 Å². The average Bonchev–Trinajstić information content (AvgIpc) is 3.01. The normalized spacial score (nSPS) is 11.1. The van der Waals surface area contributed by atoms with E-state index in [4.69, 9.17) is 9.72 Å². The number of pyridine rings is 4. The van der Waals surface area contributed by atoms with E-state index in [1.54, 1.807) is 37.7 Å². The van der Waals surface area contributed by atoms with Crippen LogP contribution in [0.3, 0.4) is 0 Å². The van der Waals surface area contributed by atoms with Gasteiger partial charge in [-0.1, -0.05) is 12.1 Å². The SMILES string of the molecule is COc1ccc(CN(C)c2cc3ncc(-c4cc(C(=O)Nc5cc(C(C)(C)C#N)ccn5)cnc4C)cc3cn2)cc1. The molecule has 0 aliphatic carbocycles. The summed E-state index contributed by atoms with van der Waals surface area (Å²) in [6.07, 6.45) is 6.72. The van der Waals surface area contributed by atoms with Crippen LogP contribution in [0.4, 0.5) is 11.6 Å². The number of carbonyl (C=O) groups excluding carboxylic acids is 1. The van der Waals surface area contributed by atoms with Crippen molar-refractivity contribution in [2.75, 3.05) is 24.4 Å². The number of hydrogen-bond donors (Lipinski definition) is 1. The fourth-order valence-electron chi connectivity index (χ4n) is 4.54. The summed E-state index contributed by atoms with van der Waals surface area (Å²) in [5.74, 6) is 1.66. The van der Waals surface area contributed by atoms with Crippen LogP contribution < -0.4 is 15.0 Å². The number of rotatable bonds is 8. The van der Waals surface area contributed by atoms with Gasteiger partial charge in [0.2, 0.25) is 0 Å². The summed E-state index contributed by atoms with van der Waals surface area (Å²) in [6, 6.07) is 19.5. The molecule has 1 N–H and O–H groups in total. The lowest BCUT2D eigenvalue weighted by Gasteiger charge is -2.19. The topological polar surface area (TPSA) is 117 Å². The first-order valence-electron chi connectivity index (χ1n) is 13.4. The lowest BCUT2D eigenvalue weighted by atomic mass is 9.87. The van der Waals surface area contributed by atoms with Crippen molar-refractivity contribution in [2.24, 2.45) is 0 Å². The summed E-state index contributed by atoms with van der Waals surface area (Å²) in [5.41, 5.74) is 4.81. The molecule has 4 heterocycles. The van der Waals surface area contributed by atoms with Crippen LogP contribution in [0, 0.1) is 18.3 Å². The number of amides is 1. The van der Waals surface area contributed by atoms with Gasteiger partial charge in [0.15, 0.2) is 0 Å². The van der Waals surface area contributed by atoms with Crippen LogP contribution in [0.2, 0.25) is 0 Å². The molecule has 42 heavy (non-hydrogen) atoms. The second-order valence-corrected chi connectivity index (χ2v) is 10.6. The number of methoxy groups -OCH3 is 1. The minimum absolute atomic E-state index is 0.344. The molecule has 0 aliphatic rings. The zero-order valence-electron chi connectivity index (χ0n) is 24.2. The van der Waals surface area contributed by atoms with Gasteiger partial charge in [-0.25, -0.2) is 9.97 Å². The molecule has 0 fully saturated rings. The molecule has 9 heteroatoms. The van der Waals surface area contributed by atoms with Gasteiger partial charge in [0.1, 0.15) is 17.4 Å². The molecular formula is C33H31N7O2. The molecular weight excluding hydrogens is 526 g/mol. The van der Waals surface area contributed by atoms with Gasteiger partial charge >= 0.3 is 0 Å². The summed E-state index contributed by atoms with van der Waals surface area (Å²) in [5, 5.41) is 13.2. The second-order valence-electron chi connectivity index (χ2n) is 10.6. The number of nitrogens with zero attached hydrogens (tertiary/aromatic N) is 6. The van der Waals surface area contributed by atoms with Gasteiger partial charge in [0.05, 0.1) is 29.7 Å². The van der Waals surface area contributed by atoms with Gasteiger partial charge in [-0.15, -0.1) is 0 Å². The minimum Gasteiger partial charge on any atom is -0.497 e. The van der Waals surface area contributed by atoms with Crippen molar-refractivity contribution in [1.82, 2.24) is 19.9 Å². The zero-order chi connectivity index (χ0) is 29.9. The molecule has 4 aromatic heterocycles. The second kappa shape index (κ2) is 11.6. The predicted molar refractivity (Wildman–Crippen MR) is 163 cm³/mol. The van der Waals surface area contributed by atoms with Crippen LogP contribution in [0.1, 0.15) is 41.0 Å². The van der Waals surface area contributed by atoms with Crippen molar-refractivity contribution in [1.29, 1.82) is 5.26 Å². The molecule has 0 bridgehead atoms. The van der Waals surface area contributed by atoms with E-state index in [-0.39, 0.29) is 5.91 Å². The highest BCUT2D eigenvalue weighted by molar-refractivity contribution is 6.04. The van der Waals surface area contributed by atoms with Crippen LogP contribution in [0.15, 0.2) is 79.4 Å². The molecule has 210 valence electrons. The summed E-state index contributed by atoms with van der Waals surface area (Å²) in [4.78, 5) is 33.3. The van der Waals surface area contributed by atoms with E-state index in [0.717, 1.165) is 50.4 Å². The van der Waals surface area contributed by atoms with E-state index < -0.39 is 5.41 Å². The highest BCUT2D eigenvalue weighted by atomic mass is 16.5. The number of nitriles is 1. The van der Waals surface area contributed by atoms with Gasteiger partial charge in [-0.05, 0) is 68.3 Å². The zero-order valence-corrected chi connectivity index (χ0v) is 24.2. The van der Waals surface area contributed by atoms with Crippen LogP contribution in [-0.2, 0) is 12.0 Å². The summed E-state index contributed by atoms with van der Waals surface area (Å²) in [6.45, 7) is 6.22. The number of aryl methyl sites for hydroxylation is 1. The first-order valence-corrected chi connectivity index (χ1v) is 13.4. The van der Waals surface area contributed by atoms with Crippen molar-refractivity contribution in [3.05, 3.63) is 102 Å². The Morgan fingerprint density at radius 1 is 1.00 bits per heavy atom. The average molecular weight is 558 g/mol. The minimum atomic E-state index is -0.703. The highest BCUT2D eigenvalue weighted by Gasteiger charge is 2.21. The number of carbonyl (C=O) groups is 1. The molecule has 0 radical (unpaired) electrons. The Morgan fingerprint density at radius 2 is 1.79 bits per heavy atom. The molecule has 5 rings (SSSR count). The maximum atomic E-state index is 13.1. The van der Waals surface area contributed by atoms with E-state index in [0.29, 0.717) is 17.9 Å². The predicted octanol–water partition coefficient (Wildman–Crippen LogP) is 6.09. The monoisotopic (exact) mass is 557 g/mol. The molecule has 1 aromatic carbocycles. The maximum absolute atomic E-state index is 13.1. The van der Waals surface area contributed by atoms with E-state index in [1.807, 2.05) is 70.4 Å². The van der Waals surface area contributed by atoms with Crippen LogP contribution in [0.5, 0.6) is 5.75 Å². The summed E-state index contributed by atoms with van der Waals surface area (Å²) >= 11 is 0. The van der Waals surface area contributed by atoms with E-state index >= 15 is 0 Å². The molecule has 0 saturated heterocycles. The Labute approximate surface area is 244 Å². The Bertz CT molecular complexity index is 1810. The quantitative estimate of drug-likeness (QED) is 0.243. The van der Waals surface area contributed by atoms with Crippen LogP contribution in [0.25, 0.3) is 22.0 Å². The maximum Gasteiger partial charge on any atom is 0.258 e. The summed E-state index contributed by atoms with van der Waals surface area (Å²) < 4.78 is 5.25. The molecule has 0 unspecified atom stereocenters. The van der Waals surface area contributed by atoms with E-state index in [2.05, 4.69) is 31.2 Å². The Hall–Kier alpha value is -5.36. The van der Waals surface area contributed by atoms with Crippen molar-refractivity contribution in [3.63, 3.8) is 0 Å². The third-order valence-electron chi connectivity index (χ3n) is 7.18. The lowest BCUT2D eigenvalue weighted by Crippen LogP contribution is -2.17. The highest BCUT2D eigenvalue weighted by Crippen LogP contribution is 2.28. The number of aromatic nitrogens is 4. The third-order valence-corrected chi connectivity index (χ3v) is 7.18. The third kappa shape index (κ3) is 6.03. The Balaban J connectivity index is 1.36. The number of hydrogen-bond acceptors (Lipinski definition) is 8. The first-order chi connectivity index (χ1) is 20.2. The van der Waals surface area contributed by atoms with Gasteiger partial charge < -0.3 is 15.0 Å². The van der Waals surface area contributed by atoms with Gasteiger partial charge in [-0.2, -0.15) is 5.26 Å². The lowest BCUT2D eigenvalue weighted by molar-refractivity contribution is 0.102. The van der Waals surface area contributed by atoms with Crippen molar-refractivity contribution in [2.45, 2.75) is 32.7 Å². The van der Waals surface area contributed by atoms with Crippen LogP contribution >= 0.6 is 0 Å².